The molecule has 0 bridgehead atoms. The molecule has 1 unspecified atom stereocenters. The van der Waals surface area contributed by atoms with E-state index in [4.69, 9.17) is 4.74 Å². The number of nitriles is 1. The molecule has 0 heterocycles. The van der Waals surface area contributed by atoms with Crippen molar-refractivity contribution in [3.8, 4) is 6.07 Å². The summed E-state index contributed by atoms with van der Waals surface area (Å²) in [5.74, 6) is 0. The molecule has 1 saturated carbocycles. The Balaban J connectivity index is 2.32. The van der Waals surface area contributed by atoms with Crippen molar-refractivity contribution in [1.82, 2.24) is 0 Å². The number of benzene rings is 1. The average Bonchev–Trinajstić information content (AvgIpc) is 2.48. The van der Waals surface area contributed by atoms with Gasteiger partial charge in [0.2, 0.25) is 0 Å². The smallest absolute Gasteiger partial charge is 0.0979 e. The molecule has 1 aliphatic carbocycles. The van der Waals surface area contributed by atoms with Gasteiger partial charge in [0.15, 0.2) is 0 Å². The Bertz CT molecular complexity index is 458. The number of ether oxygens (including phenoxy) is 1. The Morgan fingerprint density at radius 3 is 2.63 bits per heavy atom. The summed E-state index contributed by atoms with van der Waals surface area (Å²) >= 11 is 0. The molecule has 0 saturated heterocycles. The normalized spacial score (nSPS) is 19.6. The zero-order valence-electron chi connectivity index (χ0n) is 11.4. The van der Waals surface area contributed by atoms with Crippen LogP contribution in [0.3, 0.4) is 0 Å². The Kier molecular flexibility index (Phi) is 4.57. The number of nitrogens with zero attached hydrogens (tertiary/aromatic N) is 1. The Morgan fingerprint density at radius 2 is 2.00 bits per heavy atom. The van der Waals surface area contributed by atoms with Crippen LogP contribution in [0.2, 0.25) is 0 Å². The lowest BCUT2D eigenvalue weighted by Crippen LogP contribution is -2.30. The van der Waals surface area contributed by atoms with Crippen molar-refractivity contribution in [1.29, 1.82) is 5.26 Å². The van der Waals surface area contributed by atoms with Gasteiger partial charge in [0.05, 0.1) is 24.2 Å². The van der Waals surface area contributed by atoms with Gasteiger partial charge in [-0.15, -0.1) is 0 Å². The maximum atomic E-state index is 10.7. The van der Waals surface area contributed by atoms with Crippen molar-refractivity contribution >= 4 is 0 Å². The predicted molar refractivity (Wildman–Crippen MR) is 73.2 cm³/mol. The molecular weight excluding hydrogens is 238 g/mol. The molecule has 0 radical (unpaired) electrons. The van der Waals surface area contributed by atoms with Gasteiger partial charge in [0, 0.05) is 7.11 Å². The lowest BCUT2D eigenvalue weighted by atomic mass is 9.69. The highest BCUT2D eigenvalue weighted by atomic mass is 16.5. The summed E-state index contributed by atoms with van der Waals surface area (Å²) in [4.78, 5) is 0. The lowest BCUT2D eigenvalue weighted by molar-refractivity contribution is 0.0340. The summed E-state index contributed by atoms with van der Waals surface area (Å²) in [5.41, 5.74) is 1.19. The van der Waals surface area contributed by atoms with Gasteiger partial charge >= 0.3 is 0 Å². The van der Waals surface area contributed by atoms with E-state index in [-0.39, 0.29) is 0 Å². The fraction of sp³-hybridized carbons (Fsp3) is 0.562. The number of rotatable bonds is 4. The third-order valence-electron chi connectivity index (χ3n) is 4.14. The Hall–Kier alpha value is -1.37. The number of methoxy groups -OCH3 is 1. The van der Waals surface area contributed by atoms with Crippen LogP contribution < -0.4 is 0 Å². The molecular formula is C16H21NO2. The van der Waals surface area contributed by atoms with Crippen molar-refractivity contribution < 1.29 is 9.84 Å². The first-order chi connectivity index (χ1) is 9.23. The van der Waals surface area contributed by atoms with E-state index in [1.807, 2.05) is 24.3 Å². The molecule has 0 amide bonds. The van der Waals surface area contributed by atoms with Crippen LogP contribution >= 0.6 is 0 Å². The van der Waals surface area contributed by atoms with Crippen LogP contribution in [0.5, 0.6) is 0 Å². The van der Waals surface area contributed by atoms with Crippen molar-refractivity contribution in [3.63, 3.8) is 0 Å². The van der Waals surface area contributed by atoms with Gasteiger partial charge in [-0.25, -0.2) is 0 Å². The zero-order valence-corrected chi connectivity index (χ0v) is 11.4. The van der Waals surface area contributed by atoms with Crippen LogP contribution in [-0.2, 0) is 11.3 Å². The van der Waals surface area contributed by atoms with Gasteiger partial charge in [-0.2, -0.15) is 5.26 Å². The lowest BCUT2D eigenvalue weighted by Gasteiger charge is -2.36. The maximum absolute atomic E-state index is 10.7. The second-order valence-electron chi connectivity index (χ2n) is 5.36. The van der Waals surface area contributed by atoms with E-state index in [0.717, 1.165) is 43.2 Å². The Morgan fingerprint density at radius 1 is 1.32 bits per heavy atom. The fourth-order valence-electron chi connectivity index (χ4n) is 3.01. The van der Waals surface area contributed by atoms with Crippen LogP contribution in [0.4, 0.5) is 0 Å². The summed E-state index contributed by atoms with van der Waals surface area (Å²) < 4.78 is 5.18. The summed E-state index contributed by atoms with van der Waals surface area (Å²) in [7, 11) is 1.64. The second kappa shape index (κ2) is 6.18. The summed E-state index contributed by atoms with van der Waals surface area (Å²) in [6.07, 6.45) is 4.06. The van der Waals surface area contributed by atoms with Crippen molar-refractivity contribution in [3.05, 3.63) is 35.4 Å². The first kappa shape index (κ1) is 14.0. The van der Waals surface area contributed by atoms with Gasteiger partial charge in [0.25, 0.3) is 0 Å². The first-order valence-corrected chi connectivity index (χ1v) is 6.89. The third kappa shape index (κ3) is 2.80. The molecule has 1 aliphatic rings. The topological polar surface area (TPSA) is 53.2 Å². The molecule has 0 aliphatic heterocycles. The van der Waals surface area contributed by atoms with Crippen molar-refractivity contribution in [2.24, 2.45) is 5.41 Å². The molecule has 102 valence electrons. The monoisotopic (exact) mass is 259 g/mol. The number of aliphatic hydroxyl groups excluding tert-OH is 1. The SMILES string of the molecule is COCc1ccccc1C(O)C1(C#N)CCCCC1. The highest BCUT2D eigenvalue weighted by Crippen LogP contribution is 2.46. The molecule has 2 rings (SSSR count). The molecule has 1 atom stereocenters. The van der Waals surface area contributed by atoms with E-state index in [1.54, 1.807) is 7.11 Å². The first-order valence-electron chi connectivity index (χ1n) is 6.89. The summed E-state index contributed by atoms with van der Waals surface area (Å²) in [6, 6.07) is 10.1. The van der Waals surface area contributed by atoms with E-state index < -0.39 is 11.5 Å². The average molecular weight is 259 g/mol. The van der Waals surface area contributed by atoms with Crippen LogP contribution in [0.15, 0.2) is 24.3 Å². The quantitative estimate of drug-likeness (QED) is 0.902. The molecule has 1 aromatic carbocycles. The molecule has 19 heavy (non-hydrogen) atoms. The zero-order chi connectivity index (χ0) is 13.7. The van der Waals surface area contributed by atoms with Gasteiger partial charge < -0.3 is 9.84 Å². The highest BCUT2D eigenvalue weighted by molar-refractivity contribution is 5.31. The number of hydrogen-bond acceptors (Lipinski definition) is 3. The van der Waals surface area contributed by atoms with Gasteiger partial charge in [-0.05, 0) is 24.0 Å². The Labute approximate surface area is 114 Å². The van der Waals surface area contributed by atoms with Crippen LogP contribution in [0, 0.1) is 16.7 Å². The summed E-state index contributed by atoms with van der Waals surface area (Å²) in [6.45, 7) is 0.467. The molecule has 0 aromatic heterocycles. The van der Waals surface area contributed by atoms with E-state index in [1.165, 1.54) is 0 Å². The molecule has 0 spiro atoms. The highest BCUT2D eigenvalue weighted by Gasteiger charge is 2.40. The number of aliphatic hydroxyl groups is 1. The molecule has 3 heteroatoms. The van der Waals surface area contributed by atoms with Crippen LogP contribution in [-0.4, -0.2) is 12.2 Å². The molecule has 3 nitrogen and oxygen atoms in total. The predicted octanol–water partition coefficient (Wildman–Crippen LogP) is 3.34. The minimum atomic E-state index is -0.718. The second-order valence-corrected chi connectivity index (χ2v) is 5.36. The minimum absolute atomic E-state index is 0.467. The van der Waals surface area contributed by atoms with E-state index >= 15 is 0 Å². The van der Waals surface area contributed by atoms with Gasteiger partial charge in [-0.3, -0.25) is 0 Å². The molecule has 1 aromatic rings. The van der Waals surface area contributed by atoms with Crippen molar-refractivity contribution in [2.45, 2.75) is 44.8 Å². The minimum Gasteiger partial charge on any atom is -0.387 e. The van der Waals surface area contributed by atoms with Crippen LogP contribution in [0.25, 0.3) is 0 Å². The molecule has 1 N–H and O–H groups in total. The summed E-state index contributed by atoms with van der Waals surface area (Å²) in [5, 5.41) is 20.3. The molecule has 1 fully saturated rings. The van der Waals surface area contributed by atoms with E-state index in [2.05, 4.69) is 6.07 Å². The number of hydrogen-bond donors (Lipinski definition) is 1. The standard InChI is InChI=1S/C16H21NO2/c1-19-11-13-7-3-4-8-14(13)15(18)16(12-17)9-5-2-6-10-16/h3-4,7-8,15,18H,2,5-6,9-11H2,1H3. The maximum Gasteiger partial charge on any atom is 0.0979 e. The van der Waals surface area contributed by atoms with E-state index in [0.29, 0.717) is 6.61 Å². The largest absolute Gasteiger partial charge is 0.387 e. The van der Waals surface area contributed by atoms with Gasteiger partial charge in [0.1, 0.15) is 0 Å². The fourth-order valence-corrected chi connectivity index (χ4v) is 3.01. The third-order valence-corrected chi connectivity index (χ3v) is 4.14. The van der Waals surface area contributed by atoms with Crippen molar-refractivity contribution in [2.75, 3.05) is 7.11 Å². The van der Waals surface area contributed by atoms with Gasteiger partial charge in [-0.1, -0.05) is 43.5 Å². The van der Waals surface area contributed by atoms with E-state index in [9.17, 15) is 10.4 Å². The van der Waals surface area contributed by atoms with Crippen LogP contribution in [0.1, 0.15) is 49.3 Å².